The van der Waals surface area contributed by atoms with Crippen LogP contribution in [0.3, 0.4) is 0 Å². The molecule has 0 aliphatic carbocycles. The third-order valence-electron chi connectivity index (χ3n) is 3.45. The number of hydrogen-bond donors (Lipinski definition) is 3. The van der Waals surface area contributed by atoms with Gasteiger partial charge in [-0.25, -0.2) is 9.97 Å². The van der Waals surface area contributed by atoms with Crippen molar-refractivity contribution in [3.8, 4) is 22.8 Å². The van der Waals surface area contributed by atoms with Crippen molar-refractivity contribution >= 4 is 27.7 Å². The second kappa shape index (κ2) is 7.31. The third kappa shape index (κ3) is 4.33. The lowest BCUT2D eigenvalue weighted by Crippen LogP contribution is -2.16. The summed E-state index contributed by atoms with van der Waals surface area (Å²) in [4.78, 5) is 20.7. The van der Waals surface area contributed by atoms with Gasteiger partial charge in [0.2, 0.25) is 5.91 Å². The predicted molar refractivity (Wildman–Crippen MR) is 97.3 cm³/mol. The Morgan fingerprint density at radius 2 is 1.60 bits per heavy atom. The topological polar surface area (TPSA) is 95.3 Å². The second-order valence-corrected chi connectivity index (χ2v) is 6.08. The summed E-state index contributed by atoms with van der Waals surface area (Å²) in [5.74, 6) is 0.417. The lowest BCUT2D eigenvalue weighted by Gasteiger charge is -2.08. The van der Waals surface area contributed by atoms with Crippen LogP contribution in [0.4, 0.5) is 5.82 Å². The molecule has 0 atom stereocenters. The summed E-state index contributed by atoms with van der Waals surface area (Å²) in [5.41, 5.74) is 2.19. The number of halogens is 1. The number of phenols is 2. The molecule has 0 aliphatic heterocycles. The Morgan fingerprint density at radius 1 is 1.00 bits per heavy atom. The Morgan fingerprint density at radius 3 is 2.20 bits per heavy atom. The van der Waals surface area contributed by atoms with Crippen molar-refractivity contribution in [2.45, 2.75) is 6.42 Å². The maximum atomic E-state index is 12.1. The molecular weight excluding hydrogens is 386 g/mol. The van der Waals surface area contributed by atoms with Crippen molar-refractivity contribution in [3.05, 3.63) is 64.9 Å². The van der Waals surface area contributed by atoms with Gasteiger partial charge in [-0.15, -0.1) is 0 Å². The zero-order valence-corrected chi connectivity index (χ0v) is 14.6. The predicted octanol–water partition coefficient (Wildman–Crippen LogP) is 3.50. The smallest absolute Gasteiger partial charge is 0.230 e. The SMILES string of the molecule is O=C(Cc1ccc(O)cc1)Nc1ncc(-c2ccc(O)cc2)nc1Br. The first-order chi connectivity index (χ1) is 12.0. The van der Waals surface area contributed by atoms with E-state index in [0.717, 1.165) is 11.1 Å². The van der Waals surface area contributed by atoms with Gasteiger partial charge in [0.15, 0.2) is 5.82 Å². The monoisotopic (exact) mass is 399 g/mol. The van der Waals surface area contributed by atoms with Gasteiger partial charge >= 0.3 is 0 Å². The number of phenolic OH excluding ortho intramolecular Hbond substituents is 2. The van der Waals surface area contributed by atoms with Crippen LogP contribution in [-0.2, 0) is 11.2 Å². The fourth-order valence-corrected chi connectivity index (χ4v) is 2.59. The highest BCUT2D eigenvalue weighted by Crippen LogP contribution is 2.24. The average Bonchev–Trinajstić information content (AvgIpc) is 2.59. The molecule has 0 aliphatic rings. The van der Waals surface area contributed by atoms with Crippen LogP contribution < -0.4 is 5.32 Å². The van der Waals surface area contributed by atoms with Crippen LogP contribution in [-0.4, -0.2) is 26.1 Å². The third-order valence-corrected chi connectivity index (χ3v) is 4.00. The first kappa shape index (κ1) is 16.9. The molecule has 0 fully saturated rings. The van der Waals surface area contributed by atoms with Gasteiger partial charge in [0.25, 0.3) is 0 Å². The molecule has 2 aromatic carbocycles. The molecule has 3 N–H and O–H groups in total. The molecule has 1 aromatic heterocycles. The highest BCUT2D eigenvalue weighted by molar-refractivity contribution is 9.10. The first-order valence-corrected chi connectivity index (χ1v) is 8.20. The van der Waals surface area contributed by atoms with E-state index in [-0.39, 0.29) is 23.8 Å². The fourth-order valence-electron chi connectivity index (χ4n) is 2.20. The number of rotatable bonds is 4. The van der Waals surface area contributed by atoms with Crippen LogP contribution in [0.1, 0.15) is 5.56 Å². The van der Waals surface area contributed by atoms with Crippen molar-refractivity contribution in [1.82, 2.24) is 9.97 Å². The molecule has 6 nitrogen and oxygen atoms in total. The van der Waals surface area contributed by atoms with E-state index >= 15 is 0 Å². The Kier molecular flexibility index (Phi) is 4.95. The number of nitrogens with zero attached hydrogens (tertiary/aromatic N) is 2. The number of amides is 1. The number of nitrogens with one attached hydrogen (secondary N) is 1. The average molecular weight is 400 g/mol. The maximum Gasteiger partial charge on any atom is 0.230 e. The minimum atomic E-state index is -0.238. The molecule has 0 bridgehead atoms. The molecule has 0 radical (unpaired) electrons. The van der Waals surface area contributed by atoms with Gasteiger partial charge in [0.05, 0.1) is 18.3 Å². The van der Waals surface area contributed by atoms with Crippen LogP contribution in [0.5, 0.6) is 11.5 Å². The Balaban J connectivity index is 1.71. The number of carbonyl (C=O) groups is 1. The molecule has 1 amide bonds. The van der Waals surface area contributed by atoms with E-state index in [1.807, 2.05) is 0 Å². The summed E-state index contributed by atoms with van der Waals surface area (Å²) in [6.07, 6.45) is 1.71. The second-order valence-electron chi connectivity index (χ2n) is 5.33. The first-order valence-electron chi connectivity index (χ1n) is 7.41. The van der Waals surface area contributed by atoms with Gasteiger partial charge in [-0.05, 0) is 57.9 Å². The van der Waals surface area contributed by atoms with Crippen LogP contribution in [0.25, 0.3) is 11.3 Å². The summed E-state index contributed by atoms with van der Waals surface area (Å²) in [5, 5.41) is 21.3. The lowest BCUT2D eigenvalue weighted by molar-refractivity contribution is -0.115. The summed E-state index contributed by atoms with van der Waals surface area (Å²) < 4.78 is 0.414. The van der Waals surface area contributed by atoms with Crippen LogP contribution >= 0.6 is 15.9 Å². The molecule has 0 spiro atoms. The van der Waals surface area contributed by atoms with Gasteiger partial charge in [-0.2, -0.15) is 0 Å². The number of hydrogen-bond acceptors (Lipinski definition) is 5. The van der Waals surface area contributed by atoms with E-state index in [2.05, 4.69) is 31.2 Å². The highest BCUT2D eigenvalue weighted by atomic mass is 79.9. The van der Waals surface area contributed by atoms with Crippen molar-refractivity contribution in [2.24, 2.45) is 0 Å². The van der Waals surface area contributed by atoms with Crippen molar-refractivity contribution in [1.29, 1.82) is 0 Å². The quantitative estimate of drug-likeness (QED) is 0.623. The number of aromatic hydroxyl groups is 2. The molecule has 0 saturated carbocycles. The van der Waals surface area contributed by atoms with E-state index < -0.39 is 0 Å². The summed E-state index contributed by atoms with van der Waals surface area (Å²) in [6, 6.07) is 13.0. The summed E-state index contributed by atoms with van der Waals surface area (Å²) in [6.45, 7) is 0. The van der Waals surface area contributed by atoms with Crippen LogP contribution in [0.15, 0.2) is 59.3 Å². The minimum Gasteiger partial charge on any atom is -0.508 e. The van der Waals surface area contributed by atoms with E-state index in [1.165, 1.54) is 12.1 Å². The van der Waals surface area contributed by atoms with Crippen LogP contribution in [0.2, 0.25) is 0 Å². The molecule has 7 heteroatoms. The molecule has 0 saturated heterocycles. The number of anilines is 1. The van der Waals surface area contributed by atoms with E-state index in [1.54, 1.807) is 42.6 Å². The Hall–Kier alpha value is -2.93. The van der Waals surface area contributed by atoms with Gasteiger partial charge in [-0.1, -0.05) is 12.1 Å². The van der Waals surface area contributed by atoms with E-state index in [0.29, 0.717) is 16.1 Å². The Labute approximate surface area is 152 Å². The molecule has 0 unspecified atom stereocenters. The summed E-state index contributed by atoms with van der Waals surface area (Å²) in [7, 11) is 0. The van der Waals surface area contributed by atoms with Crippen molar-refractivity contribution in [3.63, 3.8) is 0 Å². The maximum absolute atomic E-state index is 12.1. The number of carbonyl (C=O) groups excluding carboxylic acids is 1. The molecule has 1 heterocycles. The largest absolute Gasteiger partial charge is 0.508 e. The zero-order valence-electron chi connectivity index (χ0n) is 13.0. The molecule has 3 rings (SSSR count). The normalized spacial score (nSPS) is 10.4. The number of aromatic nitrogens is 2. The zero-order chi connectivity index (χ0) is 17.8. The van der Waals surface area contributed by atoms with Gasteiger partial charge in [-0.3, -0.25) is 4.79 Å². The lowest BCUT2D eigenvalue weighted by atomic mass is 10.1. The standard InChI is InChI=1S/C18H14BrN3O3/c19-17-18(22-16(25)9-11-1-5-13(23)6-2-11)20-10-15(21-17)12-3-7-14(24)8-4-12/h1-8,10,23-24H,9H2,(H,20,22,25). The number of benzene rings is 2. The van der Waals surface area contributed by atoms with Gasteiger partial charge in [0.1, 0.15) is 16.1 Å². The molecule has 25 heavy (non-hydrogen) atoms. The molecule has 3 aromatic rings. The van der Waals surface area contributed by atoms with E-state index in [4.69, 9.17) is 0 Å². The van der Waals surface area contributed by atoms with Crippen molar-refractivity contribution < 1.29 is 15.0 Å². The van der Waals surface area contributed by atoms with E-state index in [9.17, 15) is 15.0 Å². The molecular formula is C18H14BrN3O3. The Bertz CT molecular complexity index is 896. The molecule has 126 valence electrons. The van der Waals surface area contributed by atoms with Gasteiger partial charge < -0.3 is 15.5 Å². The van der Waals surface area contributed by atoms with Gasteiger partial charge in [0, 0.05) is 5.56 Å². The fraction of sp³-hybridized carbons (Fsp3) is 0.0556. The summed E-state index contributed by atoms with van der Waals surface area (Å²) >= 11 is 3.31. The highest BCUT2D eigenvalue weighted by Gasteiger charge is 2.11. The van der Waals surface area contributed by atoms with Crippen molar-refractivity contribution in [2.75, 3.05) is 5.32 Å². The minimum absolute atomic E-state index is 0.155. The van der Waals surface area contributed by atoms with Crippen LogP contribution in [0, 0.1) is 0 Å².